The standard InChI is InChI=1S/C19H16F3N5O.C2H6/c1-12-3-8-16-23-15(11-26(16)9-12)17-24-18(19(20,21)22)25-27(17)10-13-4-6-14(28-2)7-5-13;1-2/h3-9,11H,10H2,1-2H3;1-2H3. The second-order valence-corrected chi connectivity index (χ2v) is 6.36. The summed E-state index contributed by atoms with van der Waals surface area (Å²) < 4.78 is 47.7. The first-order valence-corrected chi connectivity index (χ1v) is 9.44. The fraction of sp³-hybridized carbons (Fsp3) is 0.286. The summed E-state index contributed by atoms with van der Waals surface area (Å²) in [5.74, 6) is -0.469. The minimum absolute atomic E-state index is 0.0597. The second kappa shape index (κ2) is 8.56. The van der Waals surface area contributed by atoms with Gasteiger partial charge in [0.2, 0.25) is 0 Å². The van der Waals surface area contributed by atoms with Gasteiger partial charge in [-0.05, 0) is 36.2 Å². The minimum Gasteiger partial charge on any atom is -0.497 e. The van der Waals surface area contributed by atoms with Gasteiger partial charge in [0.05, 0.1) is 13.7 Å². The highest BCUT2D eigenvalue weighted by Crippen LogP contribution is 2.29. The molecule has 0 atom stereocenters. The van der Waals surface area contributed by atoms with E-state index in [9.17, 15) is 13.2 Å². The number of rotatable bonds is 4. The van der Waals surface area contributed by atoms with Gasteiger partial charge in [0, 0.05) is 12.4 Å². The molecule has 3 heterocycles. The van der Waals surface area contributed by atoms with E-state index in [1.165, 1.54) is 4.68 Å². The molecule has 9 heteroatoms. The number of methoxy groups -OCH3 is 1. The summed E-state index contributed by atoms with van der Waals surface area (Å²) >= 11 is 0. The average Bonchev–Trinajstić information content (AvgIpc) is 3.33. The lowest BCUT2D eigenvalue weighted by Gasteiger charge is -2.06. The number of pyridine rings is 1. The maximum atomic E-state index is 13.2. The number of aryl methyl sites for hydroxylation is 1. The Bertz CT molecular complexity index is 1130. The summed E-state index contributed by atoms with van der Waals surface area (Å²) in [7, 11) is 1.55. The van der Waals surface area contributed by atoms with E-state index in [0.717, 1.165) is 11.1 Å². The summed E-state index contributed by atoms with van der Waals surface area (Å²) in [4.78, 5) is 8.13. The van der Waals surface area contributed by atoms with Crippen molar-refractivity contribution in [1.29, 1.82) is 0 Å². The first kappa shape index (κ1) is 21.4. The van der Waals surface area contributed by atoms with Gasteiger partial charge in [-0.15, -0.1) is 5.10 Å². The van der Waals surface area contributed by atoms with Crippen molar-refractivity contribution in [3.8, 4) is 17.3 Å². The smallest absolute Gasteiger partial charge is 0.453 e. The number of ether oxygens (including phenoxy) is 1. The van der Waals surface area contributed by atoms with Crippen LogP contribution in [-0.2, 0) is 12.7 Å². The minimum atomic E-state index is -4.64. The van der Waals surface area contributed by atoms with E-state index in [1.807, 2.05) is 33.0 Å². The molecule has 3 aromatic heterocycles. The van der Waals surface area contributed by atoms with E-state index in [2.05, 4.69) is 15.1 Å². The quantitative estimate of drug-likeness (QED) is 0.469. The summed E-state index contributed by atoms with van der Waals surface area (Å²) in [6.45, 7) is 6.04. The van der Waals surface area contributed by atoms with Crippen LogP contribution in [0.3, 0.4) is 0 Å². The molecule has 0 radical (unpaired) electrons. The number of benzene rings is 1. The van der Waals surface area contributed by atoms with E-state index >= 15 is 0 Å². The predicted octanol–water partition coefficient (Wildman–Crippen LogP) is 5.00. The first-order valence-electron chi connectivity index (χ1n) is 9.44. The van der Waals surface area contributed by atoms with E-state index in [-0.39, 0.29) is 12.4 Å². The highest BCUT2D eigenvalue weighted by atomic mass is 19.4. The fourth-order valence-electron chi connectivity index (χ4n) is 2.88. The molecular formula is C21H22F3N5O. The first-order chi connectivity index (χ1) is 14.3. The molecule has 30 heavy (non-hydrogen) atoms. The lowest BCUT2D eigenvalue weighted by molar-refractivity contribution is -0.144. The van der Waals surface area contributed by atoms with Crippen molar-refractivity contribution in [3.05, 3.63) is 65.7 Å². The number of halogens is 3. The predicted molar refractivity (Wildman–Crippen MR) is 107 cm³/mol. The molecule has 0 fully saturated rings. The van der Waals surface area contributed by atoms with Gasteiger partial charge in [0.25, 0.3) is 5.82 Å². The highest BCUT2D eigenvalue weighted by Gasteiger charge is 2.37. The number of hydrogen-bond donors (Lipinski definition) is 0. The second-order valence-electron chi connectivity index (χ2n) is 6.36. The van der Waals surface area contributed by atoms with Crippen LogP contribution in [0.15, 0.2) is 48.8 Å². The van der Waals surface area contributed by atoms with Crippen LogP contribution < -0.4 is 4.74 Å². The number of aromatic nitrogens is 5. The van der Waals surface area contributed by atoms with Gasteiger partial charge in [-0.2, -0.15) is 13.2 Å². The van der Waals surface area contributed by atoms with Crippen LogP contribution in [0.4, 0.5) is 13.2 Å². The number of nitrogens with zero attached hydrogens (tertiary/aromatic N) is 5. The SMILES string of the molecule is CC.COc1ccc(Cn2nc(C(F)(F)F)nc2-c2cn3cc(C)ccc3n2)cc1. The average molecular weight is 417 g/mol. The Labute approximate surface area is 172 Å². The van der Waals surface area contributed by atoms with Gasteiger partial charge >= 0.3 is 6.18 Å². The van der Waals surface area contributed by atoms with Crippen LogP contribution in [0.2, 0.25) is 0 Å². The van der Waals surface area contributed by atoms with Gasteiger partial charge in [-0.25, -0.2) is 14.6 Å². The molecule has 4 aromatic rings. The fourth-order valence-corrected chi connectivity index (χ4v) is 2.88. The van der Waals surface area contributed by atoms with Crippen molar-refractivity contribution in [3.63, 3.8) is 0 Å². The van der Waals surface area contributed by atoms with E-state index in [0.29, 0.717) is 17.1 Å². The zero-order valence-corrected chi connectivity index (χ0v) is 17.1. The molecule has 158 valence electrons. The van der Waals surface area contributed by atoms with Crippen LogP contribution in [0.5, 0.6) is 5.75 Å². The highest BCUT2D eigenvalue weighted by molar-refractivity contribution is 5.56. The third-order valence-corrected chi connectivity index (χ3v) is 4.24. The van der Waals surface area contributed by atoms with Crippen molar-refractivity contribution in [1.82, 2.24) is 24.1 Å². The maximum absolute atomic E-state index is 13.2. The molecule has 0 aliphatic carbocycles. The van der Waals surface area contributed by atoms with E-state index in [1.54, 1.807) is 48.0 Å². The molecule has 0 amide bonds. The zero-order valence-electron chi connectivity index (χ0n) is 17.1. The molecule has 0 saturated heterocycles. The van der Waals surface area contributed by atoms with Crippen molar-refractivity contribution in [2.24, 2.45) is 0 Å². The molecule has 0 N–H and O–H groups in total. The van der Waals surface area contributed by atoms with Crippen molar-refractivity contribution in [2.45, 2.75) is 33.5 Å². The number of hydrogen-bond acceptors (Lipinski definition) is 4. The number of fused-ring (bicyclic) bond motifs is 1. The monoisotopic (exact) mass is 417 g/mol. The molecular weight excluding hydrogens is 395 g/mol. The largest absolute Gasteiger partial charge is 0.497 e. The molecule has 0 spiro atoms. The molecule has 0 unspecified atom stereocenters. The van der Waals surface area contributed by atoms with Gasteiger partial charge in [-0.1, -0.05) is 32.0 Å². The van der Waals surface area contributed by atoms with Gasteiger partial charge in [0.15, 0.2) is 5.82 Å². The topological polar surface area (TPSA) is 57.2 Å². The number of imidazole rings is 1. The molecule has 0 aliphatic rings. The molecule has 0 aliphatic heterocycles. The Morgan fingerprint density at radius 3 is 2.30 bits per heavy atom. The van der Waals surface area contributed by atoms with Crippen LogP contribution in [0.1, 0.15) is 30.8 Å². The van der Waals surface area contributed by atoms with Gasteiger partial charge in [0.1, 0.15) is 17.1 Å². The van der Waals surface area contributed by atoms with Gasteiger partial charge in [-0.3, -0.25) is 0 Å². The van der Waals surface area contributed by atoms with Crippen LogP contribution in [0.25, 0.3) is 17.2 Å². The Balaban J connectivity index is 0.00000124. The Morgan fingerprint density at radius 2 is 1.67 bits per heavy atom. The number of alkyl halides is 3. The lowest BCUT2D eigenvalue weighted by Crippen LogP contribution is -2.09. The van der Waals surface area contributed by atoms with E-state index < -0.39 is 12.0 Å². The van der Waals surface area contributed by atoms with Crippen molar-refractivity contribution < 1.29 is 17.9 Å². The summed E-state index contributed by atoms with van der Waals surface area (Å²) in [5, 5.41) is 3.68. The summed E-state index contributed by atoms with van der Waals surface area (Å²) in [6.07, 6.45) is -1.15. The van der Waals surface area contributed by atoms with Crippen molar-refractivity contribution in [2.75, 3.05) is 7.11 Å². The molecule has 1 aromatic carbocycles. The normalized spacial score (nSPS) is 11.3. The van der Waals surface area contributed by atoms with Crippen LogP contribution in [0, 0.1) is 6.92 Å². The van der Waals surface area contributed by atoms with E-state index in [4.69, 9.17) is 4.74 Å². The zero-order chi connectivity index (χ0) is 21.9. The Kier molecular flexibility index (Phi) is 6.09. The molecule has 6 nitrogen and oxygen atoms in total. The molecule has 0 bridgehead atoms. The van der Waals surface area contributed by atoms with Crippen LogP contribution in [-0.4, -0.2) is 31.3 Å². The molecule has 0 saturated carbocycles. The molecule has 4 rings (SSSR count). The third kappa shape index (κ3) is 4.45. The Hall–Kier alpha value is -3.36. The van der Waals surface area contributed by atoms with Gasteiger partial charge < -0.3 is 9.14 Å². The maximum Gasteiger partial charge on any atom is 0.453 e. The van der Waals surface area contributed by atoms with Crippen LogP contribution >= 0.6 is 0 Å². The Morgan fingerprint density at radius 1 is 0.967 bits per heavy atom. The lowest BCUT2D eigenvalue weighted by atomic mass is 10.2. The summed E-state index contributed by atoms with van der Waals surface area (Å²) in [6, 6.07) is 10.7. The van der Waals surface area contributed by atoms with Crippen molar-refractivity contribution >= 4 is 5.65 Å². The summed E-state index contributed by atoms with van der Waals surface area (Å²) in [5.41, 5.74) is 2.71. The third-order valence-electron chi connectivity index (χ3n) is 4.24.